The summed E-state index contributed by atoms with van der Waals surface area (Å²) >= 11 is 0. The maximum atomic E-state index is 14.2. The number of nitrogens with zero attached hydrogens (tertiary/aromatic N) is 1. The van der Waals surface area contributed by atoms with Crippen LogP contribution in [0.15, 0.2) is 11.6 Å². The molecule has 3 saturated carbocycles. The van der Waals surface area contributed by atoms with E-state index in [2.05, 4.69) is 37.5 Å². The highest BCUT2D eigenvalue weighted by molar-refractivity contribution is 5.82. The van der Waals surface area contributed by atoms with Gasteiger partial charge in [0.2, 0.25) is 5.91 Å². The van der Waals surface area contributed by atoms with E-state index < -0.39 is 29.2 Å². The number of allylic oxidation sites excluding steroid dienone is 2. The molecule has 9 unspecified atom stereocenters. The zero-order valence-corrected chi connectivity index (χ0v) is 39.5. The van der Waals surface area contributed by atoms with Crippen molar-refractivity contribution in [3.63, 3.8) is 0 Å². The molecule has 0 heterocycles. The molecular weight excluding hydrogens is 755 g/mol. The molecule has 344 valence electrons. The smallest absolute Gasteiger partial charge is 0.407 e. The maximum Gasteiger partial charge on any atom is 0.407 e. The van der Waals surface area contributed by atoms with Crippen molar-refractivity contribution in [1.29, 1.82) is 0 Å². The second-order valence-corrected chi connectivity index (χ2v) is 21.8. The second kappa shape index (κ2) is 23.6. The van der Waals surface area contributed by atoms with Crippen LogP contribution in [0.5, 0.6) is 0 Å². The van der Waals surface area contributed by atoms with Gasteiger partial charge in [0, 0.05) is 32.6 Å². The van der Waals surface area contributed by atoms with Gasteiger partial charge >= 0.3 is 18.2 Å². The van der Waals surface area contributed by atoms with Gasteiger partial charge in [-0.15, -0.1) is 0 Å². The van der Waals surface area contributed by atoms with Crippen LogP contribution in [0.2, 0.25) is 0 Å². The first-order valence-electron chi connectivity index (χ1n) is 24.5. The first-order chi connectivity index (χ1) is 28.3. The molecule has 4 aliphatic carbocycles. The van der Waals surface area contributed by atoms with Crippen LogP contribution in [0.25, 0.3) is 0 Å². The topological polar surface area (TPSA) is 134 Å². The summed E-state index contributed by atoms with van der Waals surface area (Å²) in [6.45, 7) is 20.2. The Hall–Kier alpha value is -2.78. The van der Waals surface area contributed by atoms with Gasteiger partial charge in [-0.05, 0) is 153 Å². The lowest BCUT2D eigenvalue weighted by molar-refractivity contribution is -0.148. The number of amides is 3. The van der Waals surface area contributed by atoms with Crippen LogP contribution in [0.4, 0.5) is 9.59 Å². The van der Waals surface area contributed by atoms with Gasteiger partial charge in [0.25, 0.3) is 0 Å². The van der Waals surface area contributed by atoms with Crippen LogP contribution in [0.3, 0.4) is 0 Å². The monoisotopic (exact) mass is 842 g/mol. The van der Waals surface area contributed by atoms with Crippen LogP contribution in [0.1, 0.15) is 184 Å². The van der Waals surface area contributed by atoms with Gasteiger partial charge in [0.15, 0.2) is 0 Å². The molecule has 0 saturated heterocycles. The number of hydrogen-bond donors (Lipinski definition) is 3. The second-order valence-electron chi connectivity index (χ2n) is 21.8. The quantitative estimate of drug-likeness (QED) is 0.0730. The normalized spacial score (nSPS) is 26.2. The van der Waals surface area contributed by atoms with Crippen molar-refractivity contribution < 1.29 is 33.8 Å². The van der Waals surface area contributed by atoms with E-state index in [9.17, 15) is 24.3 Å². The van der Waals surface area contributed by atoms with Gasteiger partial charge in [-0.25, -0.2) is 9.59 Å². The molecule has 0 aromatic carbocycles. The number of aliphatic carboxylic acids is 1. The highest BCUT2D eigenvalue weighted by atomic mass is 16.6. The first kappa shape index (κ1) is 49.9. The summed E-state index contributed by atoms with van der Waals surface area (Å²) in [4.78, 5) is 53.3. The van der Waals surface area contributed by atoms with E-state index in [0.717, 1.165) is 87.4 Å². The molecule has 0 aliphatic heterocycles. The summed E-state index contributed by atoms with van der Waals surface area (Å²) in [6, 6.07) is 0. The summed E-state index contributed by atoms with van der Waals surface area (Å²) in [6.07, 6.45) is 21.6. The third-order valence-corrected chi connectivity index (χ3v) is 14.3. The molecule has 3 fully saturated rings. The summed E-state index contributed by atoms with van der Waals surface area (Å²) in [7, 11) is 0. The molecule has 3 amide bonds. The molecule has 4 aliphatic rings. The van der Waals surface area contributed by atoms with Gasteiger partial charge < -0.3 is 30.1 Å². The average molecular weight is 842 g/mol. The predicted molar refractivity (Wildman–Crippen MR) is 240 cm³/mol. The molecule has 9 atom stereocenters. The minimum atomic E-state index is -0.848. The summed E-state index contributed by atoms with van der Waals surface area (Å²) in [5.74, 6) is 4.11. The highest BCUT2D eigenvalue weighted by Gasteiger charge is 2.52. The Kier molecular flexibility index (Phi) is 19.6. The number of fused-ring (bicyclic) bond motifs is 5. The minimum absolute atomic E-state index is 0.0208. The average Bonchev–Trinajstić information content (AvgIpc) is 3.64. The number of ether oxygens (including phenoxy) is 2. The van der Waals surface area contributed by atoms with E-state index in [-0.39, 0.29) is 24.3 Å². The number of rotatable bonds is 22. The maximum absolute atomic E-state index is 14.2. The van der Waals surface area contributed by atoms with E-state index in [1.807, 2.05) is 46.4 Å². The number of carboxylic acids is 1. The molecular formula is C50H87N3O7. The molecule has 0 aromatic rings. The molecule has 10 nitrogen and oxygen atoms in total. The van der Waals surface area contributed by atoms with Gasteiger partial charge in [0.05, 0.1) is 5.92 Å². The Morgan fingerprint density at radius 1 is 0.733 bits per heavy atom. The number of carbonyl (C=O) groups is 4. The minimum Gasteiger partial charge on any atom is -0.481 e. The van der Waals surface area contributed by atoms with E-state index in [4.69, 9.17) is 9.47 Å². The lowest BCUT2D eigenvalue weighted by Gasteiger charge is -2.54. The molecule has 10 heteroatoms. The van der Waals surface area contributed by atoms with Gasteiger partial charge in [0.1, 0.15) is 11.2 Å². The Labute approximate surface area is 364 Å². The number of nitrogens with one attached hydrogen (secondary N) is 2. The molecule has 0 aromatic heterocycles. The molecule has 0 spiro atoms. The van der Waals surface area contributed by atoms with Crippen molar-refractivity contribution in [2.75, 3.05) is 26.2 Å². The van der Waals surface area contributed by atoms with Crippen LogP contribution in [0, 0.1) is 59.2 Å². The number of hydrogen-bond acceptors (Lipinski definition) is 6. The lowest BCUT2D eigenvalue weighted by Crippen LogP contribution is -2.46. The lowest BCUT2D eigenvalue weighted by atomic mass is 9.51. The highest BCUT2D eigenvalue weighted by Crippen LogP contribution is 2.60. The van der Waals surface area contributed by atoms with Crippen molar-refractivity contribution in [3.05, 3.63) is 11.6 Å². The summed E-state index contributed by atoms with van der Waals surface area (Å²) < 4.78 is 10.7. The van der Waals surface area contributed by atoms with Crippen LogP contribution in [-0.4, -0.2) is 71.5 Å². The van der Waals surface area contributed by atoms with Crippen molar-refractivity contribution in [2.45, 2.75) is 196 Å². The van der Waals surface area contributed by atoms with Crippen molar-refractivity contribution in [2.24, 2.45) is 59.2 Å². The third kappa shape index (κ3) is 16.2. The fourth-order valence-electron chi connectivity index (χ4n) is 11.5. The van der Waals surface area contributed by atoms with Crippen LogP contribution >= 0.6 is 0 Å². The van der Waals surface area contributed by atoms with Crippen LogP contribution in [-0.2, 0) is 19.1 Å². The van der Waals surface area contributed by atoms with Gasteiger partial charge in [-0.3, -0.25) is 9.59 Å². The molecule has 0 radical (unpaired) electrons. The number of carbonyl (C=O) groups excluding carboxylic acids is 3. The standard InChI is InChI=1S/C50H87N3O7/c1-34(2)19-16-20-35(3)42-32-38-31-37(24-25-39(38)41-26-23-36-21-17-22-40(36)45(41)42)43(46(55)56)33-44(54)53(30-18-28-52-48(58)60-50(7,8)9)29-15-13-11-10-12-14-27-51-47(57)59-49(4,5)6/h32,34-37,39-43,45H,10-31,33H2,1-9H3,(H,51,57)(H,52,58)(H,55,56). The van der Waals surface area contributed by atoms with E-state index in [1.165, 1.54) is 56.9 Å². The number of alkyl carbamates (subject to hydrolysis) is 2. The van der Waals surface area contributed by atoms with Crippen LogP contribution < -0.4 is 10.6 Å². The van der Waals surface area contributed by atoms with E-state index in [0.29, 0.717) is 50.4 Å². The number of unbranched alkanes of at least 4 members (excludes halogenated alkanes) is 5. The zero-order chi connectivity index (χ0) is 44.0. The molecule has 0 bridgehead atoms. The Bertz CT molecular complexity index is 1400. The predicted octanol–water partition coefficient (Wildman–Crippen LogP) is 11.6. The SMILES string of the molecule is CC(C)CCCC(C)C1C=C2CC(C(CC(=O)N(CCCCCCCCNC(=O)OC(C)(C)C)CCCNC(=O)OC(C)(C)C)C(=O)O)CCC2C2CCC3CCCC3C12. The van der Waals surface area contributed by atoms with Gasteiger partial charge in [-0.2, -0.15) is 0 Å². The van der Waals surface area contributed by atoms with E-state index in [1.54, 1.807) is 0 Å². The first-order valence-corrected chi connectivity index (χ1v) is 24.5. The molecule has 3 N–H and O–H groups in total. The Morgan fingerprint density at radius 2 is 1.35 bits per heavy atom. The zero-order valence-electron chi connectivity index (χ0n) is 39.5. The Morgan fingerprint density at radius 3 is 1.98 bits per heavy atom. The van der Waals surface area contributed by atoms with E-state index >= 15 is 0 Å². The van der Waals surface area contributed by atoms with Gasteiger partial charge in [-0.1, -0.05) is 90.2 Å². The molecule has 4 rings (SSSR count). The third-order valence-electron chi connectivity index (χ3n) is 14.3. The fraction of sp³-hybridized carbons (Fsp3) is 0.880. The largest absolute Gasteiger partial charge is 0.481 e. The fourth-order valence-corrected chi connectivity index (χ4v) is 11.5. The van der Waals surface area contributed by atoms with Crippen molar-refractivity contribution in [3.8, 4) is 0 Å². The Balaban J connectivity index is 1.37. The molecule has 60 heavy (non-hydrogen) atoms. The summed E-state index contributed by atoms with van der Waals surface area (Å²) in [5, 5.41) is 16.4. The van der Waals surface area contributed by atoms with Crippen molar-refractivity contribution >= 4 is 24.1 Å². The van der Waals surface area contributed by atoms with Crippen molar-refractivity contribution in [1.82, 2.24) is 15.5 Å². The summed E-state index contributed by atoms with van der Waals surface area (Å²) in [5.41, 5.74) is 0.416. The number of carboxylic acid groups (broad SMARTS) is 1.